The topological polar surface area (TPSA) is 116 Å². The van der Waals surface area contributed by atoms with Crippen LogP contribution in [0.5, 0.6) is 0 Å². The molecule has 0 aliphatic carbocycles. The minimum atomic E-state index is -0.509. The number of thioether (sulfide) groups is 1. The van der Waals surface area contributed by atoms with Crippen molar-refractivity contribution in [1.82, 2.24) is 9.66 Å². The number of nitrogens with zero attached hydrogens (tertiary/aromatic N) is 2. The third kappa shape index (κ3) is 4.81. The number of carbonyl (C=O) groups is 2. The second-order valence-corrected chi connectivity index (χ2v) is 9.25. The number of aromatic nitrogens is 2. The minimum Gasteiger partial charge on any atom is -0.462 e. The monoisotopic (exact) mass is 474 g/mol. The molecule has 0 aliphatic heterocycles. The van der Waals surface area contributed by atoms with E-state index in [1.54, 1.807) is 13.8 Å². The number of ether oxygens (including phenoxy) is 1. The number of benzene rings is 1. The summed E-state index contributed by atoms with van der Waals surface area (Å²) in [5.41, 5.74) is 1.92. The van der Waals surface area contributed by atoms with Crippen LogP contribution in [0.3, 0.4) is 0 Å². The largest absolute Gasteiger partial charge is 0.462 e. The highest BCUT2D eigenvalue weighted by atomic mass is 32.2. The van der Waals surface area contributed by atoms with E-state index in [-0.39, 0.29) is 17.7 Å². The van der Waals surface area contributed by atoms with Crippen LogP contribution in [0.1, 0.15) is 48.0 Å². The van der Waals surface area contributed by atoms with Crippen LogP contribution >= 0.6 is 23.1 Å². The van der Waals surface area contributed by atoms with E-state index < -0.39 is 16.8 Å². The first kappa shape index (κ1) is 23.8. The molecular weight excluding hydrogens is 448 g/mol. The Hall–Kier alpha value is -2.85. The lowest BCUT2D eigenvalue weighted by Gasteiger charge is -2.16. The highest BCUT2D eigenvalue weighted by Gasteiger charge is 2.25. The van der Waals surface area contributed by atoms with Crippen molar-refractivity contribution in [2.45, 2.75) is 50.9 Å². The van der Waals surface area contributed by atoms with Gasteiger partial charge in [-0.1, -0.05) is 37.7 Å². The van der Waals surface area contributed by atoms with Gasteiger partial charge in [0.25, 0.3) is 5.56 Å². The molecule has 0 bridgehead atoms. The molecule has 0 aliphatic rings. The molecule has 0 radical (unpaired) electrons. The molecule has 32 heavy (non-hydrogen) atoms. The highest BCUT2D eigenvalue weighted by Crippen LogP contribution is 2.31. The second kappa shape index (κ2) is 10.2. The maximum Gasteiger partial charge on any atom is 0.348 e. The van der Waals surface area contributed by atoms with Gasteiger partial charge >= 0.3 is 5.97 Å². The Morgan fingerprint density at radius 2 is 1.94 bits per heavy atom. The zero-order chi connectivity index (χ0) is 23.4. The van der Waals surface area contributed by atoms with Crippen molar-refractivity contribution in [3.63, 3.8) is 0 Å². The van der Waals surface area contributed by atoms with Crippen molar-refractivity contribution in [3.8, 4) is 0 Å². The Bertz CT molecular complexity index is 1200. The van der Waals surface area contributed by atoms with Gasteiger partial charge in [-0.25, -0.2) is 14.5 Å². The van der Waals surface area contributed by atoms with Gasteiger partial charge in [0.1, 0.15) is 9.71 Å². The highest BCUT2D eigenvalue weighted by molar-refractivity contribution is 8.00. The van der Waals surface area contributed by atoms with Gasteiger partial charge in [0.2, 0.25) is 5.91 Å². The van der Waals surface area contributed by atoms with Crippen LogP contribution < -0.4 is 16.7 Å². The van der Waals surface area contributed by atoms with Gasteiger partial charge in [-0.3, -0.25) is 9.59 Å². The van der Waals surface area contributed by atoms with Gasteiger partial charge in [-0.2, -0.15) is 0 Å². The molecule has 10 heteroatoms. The van der Waals surface area contributed by atoms with E-state index in [0.717, 1.165) is 34.2 Å². The SMILES string of the molecule is CCOC(=O)c1sc2nc(SC(CC)C(=O)Nc3ccc(CC)cc3)n(N)c(=O)c2c1C. The first-order chi connectivity index (χ1) is 15.3. The Morgan fingerprint density at radius 3 is 2.53 bits per heavy atom. The molecule has 2 heterocycles. The number of aryl methyl sites for hydroxylation is 2. The van der Waals surface area contributed by atoms with Crippen LogP contribution in [0.4, 0.5) is 5.69 Å². The summed E-state index contributed by atoms with van der Waals surface area (Å²) in [6.07, 6.45) is 1.43. The van der Waals surface area contributed by atoms with Crippen molar-refractivity contribution >= 4 is 50.9 Å². The number of amides is 1. The van der Waals surface area contributed by atoms with Crippen molar-refractivity contribution < 1.29 is 14.3 Å². The lowest BCUT2D eigenvalue weighted by atomic mass is 10.1. The number of rotatable bonds is 8. The third-order valence-corrected chi connectivity index (χ3v) is 7.46. The number of carbonyl (C=O) groups excluding carboxylic acids is 2. The molecule has 0 saturated carbocycles. The summed E-state index contributed by atoms with van der Waals surface area (Å²) in [5, 5.41) is 2.90. The third-order valence-electron chi connectivity index (χ3n) is 4.97. The summed E-state index contributed by atoms with van der Waals surface area (Å²) in [7, 11) is 0. The van der Waals surface area contributed by atoms with Crippen LogP contribution in [-0.2, 0) is 16.0 Å². The first-order valence-corrected chi connectivity index (χ1v) is 12.0. The number of anilines is 1. The van der Waals surface area contributed by atoms with E-state index in [4.69, 9.17) is 10.6 Å². The number of fused-ring (bicyclic) bond motifs is 1. The summed E-state index contributed by atoms with van der Waals surface area (Å²) in [5.74, 6) is 5.33. The molecule has 0 spiro atoms. The molecule has 3 N–H and O–H groups in total. The number of nitrogen functional groups attached to an aromatic ring is 1. The van der Waals surface area contributed by atoms with Gasteiger partial charge < -0.3 is 15.9 Å². The zero-order valence-corrected chi connectivity index (χ0v) is 20.1. The smallest absolute Gasteiger partial charge is 0.348 e. The van der Waals surface area contributed by atoms with Crippen LogP contribution in [0.15, 0.2) is 34.2 Å². The van der Waals surface area contributed by atoms with Crippen LogP contribution in [0.2, 0.25) is 0 Å². The van der Waals surface area contributed by atoms with E-state index in [2.05, 4.69) is 17.2 Å². The molecule has 170 valence electrons. The maximum absolute atomic E-state index is 12.9. The van der Waals surface area contributed by atoms with Gasteiger partial charge in [0.05, 0.1) is 17.2 Å². The van der Waals surface area contributed by atoms with Crippen LogP contribution in [0, 0.1) is 6.92 Å². The van der Waals surface area contributed by atoms with Crippen LogP contribution in [-0.4, -0.2) is 33.4 Å². The predicted molar refractivity (Wildman–Crippen MR) is 129 cm³/mol. The minimum absolute atomic E-state index is 0.203. The number of hydrogen-bond acceptors (Lipinski definition) is 8. The van der Waals surface area contributed by atoms with Gasteiger partial charge in [-0.15, -0.1) is 11.3 Å². The fourth-order valence-corrected chi connectivity index (χ4v) is 5.20. The summed E-state index contributed by atoms with van der Waals surface area (Å²) in [6, 6.07) is 7.67. The molecule has 0 fully saturated rings. The Morgan fingerprint density at radius 1 is 1.25 bits per heavy atom. The number of thiophene rings is 1. The summed E-state index contributed by atoms with van der Waals surface area (Å²) in [6.45, 7) is 7.57. The van der Waals surface area contributed by atoms with E-state index in [9.17, 15) is 14.4 Å². The lowest BCUT2D eigenvalue weighted by Crippen LogP contribution is -2.32. The Kier molecular flexibility index (Phi) is 7.57. The normalized spacial score (nSPS) is 12.0. The fourth-order valence-electron chi connectivity index (χ4n) is 3.15. The number of hydrogen-bond donors (Lipinski definition) is 2. The van der Waals surface area contributed by atoms with Crippen molar-refractivity contribution in [1.29, 1.82) is 0 Å². The summed E-state index contributed by atoms with van der Waals surface area (Å²) < 4.78 is 6.01. The Balaban J connectivity index is 1.88. The van der Waals surface area contributed by atoms with Crippen molar-refractivity contribution in [2.24, 2.45) is 0 Å². The molecule has 2 aromatic heterocycles. The number of esters is 1. The standard InChI is InChI=1S/C22H26N4O4S2/c1-5-13-8-10-14(11-9-13)24-18(27)15(6-2)31-22-25-19-16(20(28)26(22)23)12(4)17(32-19)21(29)30-7-3/h8-11,15H,5-7,23H2,1-4H3,(H,24,27). The van der Waals surface area contributed by atoms with E-state index in [1.807, 2.05) is 31.2 Å². The summed E-state index contributed by atoms with van der Waals surface area (Å²) in [4.78, 5) is 43.1. The Labute approximate surface area is 194 Å². The van der Waals surface area contributed by atoms with Crippen molar-refractivity contribution in [2.75, 3.05) is 17.8 Å². The average Bonchev–Trinajstić information content (AvgIpc) is 3.12. The van der Waals surface area contributed by atoms with Gasteiger partial charge in [-0.05, 0) is 49.9 Å². The number of nitrogens with one attached hydrogen (secondary N) is 1. The molecule has 1 unspecified atom stereocenters. The van der Waals surface area contributed by atoms with Crippen molar-refractivity contribution in [3.05, 3.63) is 50.6 Å². The molecule has 1 amide bonds. The van der Waals surface area contributed by atoms with Gasteiger partial charge in [0.15, 0.2) is 5.16 Å². The number of nitrogens with two attached hydrogens (primary N) is 1. The first-order valence-electron chi connectivity index (χ1n) is 10.3. The fraction of sp³-hybridized carbons (Fsp3) is 0.364. The van der Waals surface area contributed by atoms with E-state index in [0.29, 0.717) is 32.8 Å². The zero-order valence-electron chi connectivity index (χ0n) is 18.4. The molecule has 1 atom stereocenters. The lowest BCUT2D eigenvalue weighted by molar-refractivity contribution is -0.115. The molecule has 8 nitrogen and oxygen atoms in total. The predicted octanol–water partition coefficient (Wildman–Crippen LogP) is 3.73. The van der Waals surface area contributed by atoms with E-state index >= 15 is 0 Å². The van der Waals surface area contributed by atoms with E-state index in [1.165, 1.54) is 5.56 Å². The van der Waals surface area contributed by atoms with Crippen LogP contribution in [0.25, 0.3) is 10.2 Å². The molecule has 1 aromatic carbocycles. The molecule has 3 rings (SSSR count). The molecule has 0 saturated heterocycles. The maximum atomic E-state index is 12.9. The summed E-state index contributed by atoms with van der Waals surface area (Å²) >= 11 is 2.21. The van der Waals surface area contributed by atoms with Gasteiger partial charge in [0, 0.05) is 5.69 Å². The molecule has 3 aromatic rings. The quantitative estimate of drug-likeness (QED) is 0.221. The average molecular weight is 475 g/mol. The molecular formula is C22H26N4O4S2. The second-order valence-electron chi connectivity index (χ2n) is 7.08.